The summed E-state index contributed by atoms with van der Waals surface area (Å²) in [4.78, 5) is 1.03. The minimum absolute atomic E-state index is 0.335. The first-order chi connectivity index (χ1) is 5.24. The lowest BCUT2D eigenvalue weighted by Gasteiger charge is -1.96. The van der Waals surface area contributed by atoms with Gasteiger partial charge in [0.1, 0.15) is 0 Å². The Labute approximate surface area is 71.0 Å². The summed E-state index contributed by atoms with van der Waals surface area (Å²) in [6.45, 7) is 5.43. The molecule has 11 heavy (non-hydrogen) atoms. The van der Waals surface area contributed by atoms with Gasteiger partial charge in [0.05, 0.1) is 6.10 Å². The van der Waals surface area contributed by atoms with Crippen molar-refractivity contribution in [3.63, 3.8) is 0 Å². The zero-order valence-corrected chi connectivity index (χ0v) is 7.40. The fourth-order valence-corrected chi connectivity index (χ4v) is 1.76. The van der Waals surface area contributed by atoms with Crippen LogP contribution in [0, 0.1) is 0 Å². The van der Waals surface area contributed by atoms with Crippen molar-refractivity contribution in [2.75, 3.05) is 0 Å². The molecule has 1 nitrogen and oxygen atoms in total. The van der Waals surface area contributed by atoms with Crippen molar-refractivity contribution in [3.05, 3.63) is 34.5 Å². The molecule has 0 spiro atoms. The van der Waals surface area contributed by atoms with E-state index in [0.717, 1.165) is 11.3 Å². The van der Waals surface area contributed by atoms with Crippen LogP contribution in [0.5, 0.6) is 0 Å². The summed E-state index contributed by atoms with van der Waals surface area (Å²) in [5.74, 6) is 0. The van der Waals surface area contributed by atoms with Crippen molar-refractivity contribution >= 4 is 11.3 Å². The van der Waals surface area contributed by atoms with Crippen molar-refractivity contribution in [3.8, 4) is 0 Å². The van der Waals surface area contributed by atoms with E-state index >= 15 is 0 Å². The van der Waals surface area contributed by atoms with Crippen LogP contribution in [0.3, 0.4) is 0 Å². The van der Waals surface area contributed by atoms with Crippen molar-refractivity contribution in [2.24, 2.45) is 0 Å². The van der Waals surface area contributed by atoms with Gasteiger partial charge in [-0.2, -0.15) is 0 Å². The molecule has 0 bridgehead atoms. The van der Waals surface area contributed by atoms with E-state index in [2.05, 4.69) is 12.0 Å². The molecule has 1 rings (SSSR count). The molecule has 1 aromatic heterocycles. The van der Waals surface area contributed by atoms with E-state index in [4.69, 9.17) is 0 Å². The van der Waals surface area contributed by atoms with Gasteiger partial charge in [-0.3, -0.25) is 0 Å². The van der Waals surface area contributed by atoms with Gasteiger partial charge in [-0.05, 0) is 30.4 Å². The fraction of sp³-hybridized carbons (Fsp3) is 0.333. The predicted octanol–water partition coefficient (Wildman–Crippen LogP) is 2.53. The number of thiophene rings is 1. The van der Waals surface area contributed by atoms with Gasteiger partial charge in [-0.1, -0.05) is 6.08 Å². The van der Waals surface area contributed by atoms with Gasteiger partial charge < -0.3 is 5.11 Å². The summed E-state index contributed by atoms with van der Waals surface area (Å²) < 4.78 is 0. The van der Waals surface area contributed by atoms with Crippen LogP contribution in [0.1, 0.15) is 23.5 Å². The third-order valence-corrected chi connectivity index (χ3v) is 2.62. The molecule has 0 aliphatic heterocycles. The first-order valence-corrected chi connectivity index (χ1v) is 4.48. The molecule has 0 saturated carbocycles. The molecule has 0 radical (unpaired) electrons. The van der Waals surface area contributed by atoms with Gasteiger partial charge in [0.15, 0.2) is 0 Å². The Kier molecular flexibility index (Phi) is 2.85. The zero-order chi connectivity index (χ0) is 8.27. The maximum Gasteiger partial charge on any atom is 0.0854 e. The van der Waals surface area contributed by atoms with E-state index in [0.29, 0.717) is 0 Å². The van der Waals surface area contributed by atoms with Crippen LogP contribution >= 0.6 is 11.3 Å². The molecular formula is C9H12OS. The zero-order valence-electron chi connectivity index (χ0n) is 6.58. The highest BCUT2D eigenvalue weighted by atomic mass is 32.1. The minimum Gasteiger partial charge on any atom is -0.388 e. The Morgan fingerprint density at radius 1 is 1.82 bits per heavy atom. The Morgan fingerprint density at radius 2 is 2.55 bits per heavy atom. The Morgan fingerprint density at radius 3 is 3.00 bits per heavy atom. The van der Waals surface area contributed by atoms with Crippen LogP contribution in [-0.2, 0) is 6.42 Å². The minimum atomic E-state index is -0.335. The fourth-order valence-electron chi connectivity index (χ4n) is 0.887. The molecule has 0 fully saturated rings. The number of allylic oxidation sites excluding steroid dienone is 1. The van der Waals surface area contributed by atoms with Gasteiger partial charge in [0.2, 0.25) is 0 Å². The van der Waals surface area contributed by atoms with Crippen LogP contribution in [0.2, 0.25) is 0 Å². The third-order valence-electron chi connectivity index (χ3n) is 1.47. The molecule has 0 aliphatic rings. The molecule has 1 aromatic rings. The molecule has 1 atom stereocenters. The standard InChI is InChI=1S/C9H12OS/c1-3-4-8-5-9(7(2)10)11-6-8/h3,5-7,10H,1,4H2,2H3. The number of aliphatic hydroxyl groups is 1. The molecule has 1 heterocycles. The summed E-state index contributed by atoms with van der Waals surface area (Å²) >= 11 is 1.60. The van der Waals surface area contributed by atoms with E-state index in [1.165, 1.54) is 5.56 Å². The van der Waals surface area contributed by atoms with Crippen LogP contribution in [0.25, 0.3) is 0 Å². The molecule has 1 N–H and O–H groups in total. The van der Waals surface area contributed by atoms with Gasteiger partial charge in [-0.15, -0.1) is 17.9 Å². The van der Waals surface area contributed by atoms with Crippen LogP contribution in [0.4, 0.5) is 0 Å². The Bertz CT molecular complexity index is 237. The molecular weight excluding hydrogens is 156 g/mol. The average Bonchev–Trinajstić information content (AvgIpc) is 2.37. The quantitative estimate of drug-likeness (QED) is 0.688. The summed E-state index contributed by atoms with van der Waals surface area (Å²) in [6, 6.07) is 2.02. The first-order valence-electron chi connectivity index (χ1n) is 3.60. The lowest BCUT2D eigenvalue weighted by Crippen LogP contribution is -1.84. The van der Waals surface area contributed by atoms with Crippen molar-refractivity contribution in [1.29, 1.82) is 0 Å². The van der Waals surface area contributed by atoms with E-state index in [1.807, 2.05) is 12.1 Å². The molecule has 0 aliphatic carbocycles. The second-order valence-corrected chi connectivity index (χ2v) is 3.47. The number of rotatable bonds is 3. The number of hydrogen-bond donors (Lipinski definition) is 1. The van der Waals surface area contributed by atoms with Gasteiger partial charge in [0, 0.05) is 4.88 Å². The van der Waals surface area contributed by atoms with Crippen LogP contribution in [0.15, 0.2) is 24.1 Å². The predicted molar refractivity (Wildman–Crippen MR) is 48.9 cm³/mol. The summed E-state index contributed by atoms with van der Waals surface area (Å²) in [5, 5.41) is 11.2. The topological polar surface area (TPSA) is 20.2 Å². The third kappa shape index (κ3) is 2.17. The van der Waals surface area contributed by atoms with Crippen molar-refractivity contribution in [1.82, 2.24) is 0 Å². The monoisotopic (exact) mass is 168 g/mol. The van der Waals surface area contributed by atoms with Gasteiger partial charge >= 0.3 is 0 Å². The molecule has 0 saturated heterocycles. The Hall–Kier alpha value is -0.600. The average molecular weight is 168 g/mol. The largest absolute Gasteiger partial charge is 0.388 e. The SMILES string of the molecule is C=CCc1csc(C(C)O)c1. The van der Waals surface area contributed by atoms with Gasteiger partial charge in [0.25, 0.3) is 0 Å². The maximum absolute atomic E-state index is 9.19. The summed E-state index contributed by atoms with van der Waals surface area (Å²) in [7, 11) is 0. The normalized spacial score (nSPS) is 12.9. The van der Waals surface area contributed by atoms with Crippen LogP contribution in [-0.4, -0.2) is 5.11 Å². The van der Waals surface area contributed by atoms with E-state index in [1.54, 1.807) is 18.3 Å². The van der Waals surface area contributed by atoms with E-state index < -0.39 is 0 Å². The first kappa shape index (κ1) is 8.50. The van der Waals surface area contributed by atoms with Gasteiger partial charge in [-0.25, -0.2) is 0 Å². The molecule has 0 amide bonds. The lowest BCUT2D eigenvalue weighted by molar-refractivity contribution is 0.203. The summed E-state index contributed by atoms with van der Waals surface area (Å²) in [5.41, 5.74) is 1.24. The molecule has 60 valence electrons. The summed E-state index contributed by atoms with van der Waals surface area (Å²) in [6.07, 6.45) is 2.43. The number of hydrogen-bond acceptors (Lipinski definition) is 2. The molecule has 1 unspecified atom stereocenters. The molecule has 0 aromatic carbocycles. The highest BCUT2D eigenvalue weighted by molar-refractivity contribution is 7.10. The van der Waals surface area contributed by atoms with E-state index in [-0.39, 0.29) is 6.10 Å². The van der Waals surface area contributed by atoms with Crippen molar-refractivity contribution < 1.29 is 5.11 Å². The smallest absolute Gasteiger partial charge is 0.0854 e. The Balaban J connectivity index is 2.73. The second-order valence-electron chi connectivity index (χ2n) is 2.53. The highest BCUT2D eigenvalue weighted by Gasteiger charge is 2.02. The maximum atomic E-state index is 9.19. The van der Waals surface area contributed by atoms with Crippen LogP contribution < -0.4 is 0 Å². The van der Waals surface area contributed by atoms with E-state index in [9.17, 15) is 5.11 Å². The molecule has 2 heteroatoms. The number of aliphatic hydroxyl groups excluding tert-OH is 1. The second kappa shape index (κ2) is 3.69. The highest BCUT2D eigenvalue weighted by Crippen LogP contribution is 2.21. The van der Waals surface area contributed by atoms with Crippen molar-refractivity contribution in [2.45, 2.75) is 19.4 Å². The lowest BCUT2D eigenvalue weighted by atomic mass is 10.2.